The van der Waals surface area contributed by atoms with Crippen molar-refractivity contribution in [1.29, 1.82) is 0 Å². The Morgan fingerprint density at radius 1 is 1.03 bits per heavy atom. The average Bonchev–Trinajstić information content (AvgIpc) is 2.75. The lowest BCUT2D eigenvalue weighted by atomic mass is 9.91. The Bertz CT molecular complexity index is 1000. The Morgan fingerprint density at radius 3 is 2.47 bits per heavy atom. The van der Waals surface area contributed by atoms with Crippen molar-refractivity contribution in [3.05, 3.63) is 64.1 Å². The second-order valence-corrected chi connectivity index (χ2v) is 10.9. The standard InChI is InChI=1S/C23H27BrN2O3S/c24-18-10-12-20(13-11-18)30(28,29)26-15-14-17-6-4-5-9-21(17)22(26)16-23(27)25-19-7-2-1-3-8-19/h4-6,9-13,19,22H,1-3,7-8,14-16H2,(H,25,27). The molecular formula is C23H27BrN2O3S. The third-order valence-corrected chi connectivity index (χ3v) is 8.58. The summed E-state index contributed by atoms with van der Waals surface area (Å²) in [5, 5.41) is 3.15. The van der Waals surface area contributed by atoms with Gasteiger partial charge >= 0.3 is 0 Å². The summed E-state index contributed by atoms with van der Waals surface area (Å²) in [6, 6.07) is 14.3. The molecule has 1 aliphatic heterocycles. The molecular weight excluding hydrogens is 464 g/mol. The summed E-state index contributed by atoms with van der Waals surface area (Å²) in [5.74, 6) is -0.0698. The van der Waals surface area contributed by atoms with Crippen molar-refractivity contribution in [3.63, 3.8) is 0 Å². The van der Waals surface area contributed by atoms with Crippen LogP contribution in [-0.4, -0.2) is 31.2 Å². The summed E-state index contributed by atoms with van der Waals surface area (Å²) in [6.45, 7) is 0.372. The highest BCUT2D eigenvalue weighted by atomic mass is 79.9. The predicted molar refractivity (Wildman–Crippen MR) is 121 cm³/mol. The molecule has 1 unspecified atom stereocenters. The first-order valence-corrected chi connectivity index (χ1v) is 12.8. The number of carbonyl (C=O) groups excluding carboxylic acids is 1. The van der Waals surface area contributed by atoms with Crippen molar-refractivity contribution in [2.24, 2.45) is 0 Å². The van der Waals surface area contributed by atoms with E-state index in [1.807, 2.05) is 24.3 Å². The average molecular weight is 491 g/mol. The minimum atomic E-state index is -3.72. The van der Waals surface area contributed by atoms with Gasteiger partial charge in [-0.3, -0.25) is 4.79 Å². The third-order valence-electron chi connectivity index (χ3n) is 6.13. The highest BCUT2D eigenvalue weighted by molar-refractivity contribution is 9.10. The van der Waals surface area contributed by atoms with Crippen molar-refractivity contribution in [3.8, 4) is 0 Å². The summed E-state index contributed by atoms with van der Waals surface area (Å²) in [7, 11) is -3.72. The lowest BCUT2D eigenvalue weighted by molar-refractivity contribution is -0.123. The summed E-state index contributed by atoms with van der Waals surface area (Å²) in [5.41, 5.74) is 2.05. The number of sulfonamides is 1. The fourth-order valence-corrected chi connectivity index (χ4v) is 6.45. The van der Waals surface area contributed by atoms with Crippen LogP contribution < -0.4 is 5.32 Å². The molecule has 1 heterocycles. The molecule has 1 N–H and O–H groups in total. The molecule has 2 aliphatic rings. The molecule has 1 saturated carbocycles. The molecule has 2 aromatic carbocycles. The van der Waals surface area contributed by atoms with Crippen molar-refractivity contribution < 1.29 is 13.2 Å². The molecule has 1 aliphatic carbocycles. The smallest absolute Gasteiger partial charge is 0.243 e. The number of amides is 1. The maximum absolute atomic E-state index is 13.5. The largest absolute Gasteiger partial charge is 0.353 e. The molecule has 4 rings (SSSR count). The van der Waals surface area contributed by atoms with E-state index in [1.165, 1.54) is 10.7 Å². The van der Waals surface area contributed by atoms with Gasteiger partial charge in [-0.05, 0) is 54.7 Å². The Kier molecular flexibility index (Phi) is 6.60. The van der Waals surface area contributed by atoms with E-state index in [0.717, 1.165) is 41.3 Å². The molecule has 0 bridgehead atoms. The number of rotatable bonds is 5. The highest BCUT2D eigenvalue weighted by Gasteiger charge is 2.37. The first-order valence-electron chi connectivity index (χ1n) is 10.6. The number of hydrogen-bond donors (Lipinski definition) is 1. The fourth-order valence-electron chi connectivity index (χ4n) is 4.58. The molecule has 0 radical (unpaired) electrons. The molecule has 5 nitrogen and oxygen atoms in total. The first-order chi connectivity index (χ1) is 14.4. The van der Waals surface area contributed by atoms with Crippen LogP contribution in [0.25, 0.3) is 0 Å². The van der Waals surface area contributed by atoms with Gasteiger partial charge in [0.15, 0.2) is 0 Å². The van der Waals surface area contributed by atoms with E-state index in [1.54, 1.807) is 24.3 Å². The van der Waals surface area contributed by atoms with Crippen molar-refractivity contribution in [2.45, 2.75) is 61.9 Å². The maximum atomic E-state index is 13.5. The van der Waals surface area contributed by atoms with E-state index in [4.69, 9.17) is 0 Å². The number of fused-ring (bicyclic) bond motifs is 1. The summed E-state index contributed by atoms with van der Waals surface area (Å²) in [6.07, 6.45) is 6.31. The van der Waals surface area contributed by atoms with Crippen molar-refractivity contribution in [2.75, 3.05) is 6.54 Å². The zero-order chi connectivity index (χ0) is 21.1. The number of nitrogens with zero attached hydrogens (tertiary/aromatic N) is 1. The van der Waals surface area contributed by atoms with Gasteiger partial charge in [0.25, 0.3) is 0 Å². The first kappa shape index (κ1) is 21.5. The van der Waals surface area contributed by atoms with E-state index in [9.17, 15) is 13.2 Å². The predicted octanol–water partition coefficient (Wildman–Crippen LogP) is 4.58. The second-order valence-electron chi connectivity index (χ2n) is 8.14. The quantitative estimate of drug-likeness (QED) is 0.666. The number of hydrogen-bond acceptors (Lipinski definition) is 3. The Morgan fingerprint density at radius 2 is 1.73 bits per heavy atom. The molecule has 1 fully saturated rings. The van der Waals surface area contributed by atoms with Gasteiger partial charge in [0.2, 0.25) is 15.9 Å². The van der Waals surface area contributed by atoms with E-state index >= 15 is 0 Å². The van der Waals surface area contributed by atoms with E-state index < -0.39 is 16.1 Å². The monoisotopic (exact) mass is 490 g/mol. The highest BCUT2D eigenvalue weighted by Crippen LogP contribution is 2.36. The summed E-state index contributed by atoms with van der Waals surface area (Å²) in [4.78, 5) is 13.2. The zero-order valence-electron chi connectivity index (χ0n) is 16.9. The van der Waals surface area contributed by atoms with Crippen LogP contribution in [-0.2, 0) is 21.2 Å². The van der Waals surface area contributed by atoms with Gasteiger partial charge in [0, 0.05) is 23.5 Å². The molecule has 7 heteroatoms. The minimum absolute atomic E-state index is 0.0698. The summed E-state index contributed by atoms with van der Waals surface area (Å²) >= 11 is 3.36. The van der Waals surface area contributed by atoms with Crippen LogP contribution in [0.2, 0.25) is 0 Å². The normalized spacial score (nSPS) is 20.5. The topological polar surface area (TPSA) is 66.5 Å². The lowest BCUT2D eigenvalue weighted by Gasteiger charge is -2.36. The van der Waals surface area contributed by atoms with Crippen molar-refractivity contribution >= 4 is 31.9 Å². The summed E-state index contributed by atoms with van der Waals surface area (Å²) < 4.78 is 29.3. The fraction of sp³-hybridized carbons (Fsp3) is 0.435. The lowest BCUT2D eigenvalue weighted by Crippen LogP contribution is -2.43. The molecule has 160 valence electrons. The van der Waals surface area contributed by atoms with Gasteiger partial charge in [-0.25, -0.2) is 8.42 Å². The van der Waals surface area contributed by atoms with E-state index in [0.29, 0.717) is 13.0 Å². The van der Waals surface area contributed by atoms with Gasteiger partial charge in [-0.1, -0.05) is 59.5 Å². The second kappa shape index (κ2) is 9.20. The van der Waals surface area contributed by atoms with Crippen molar-refractivity contribution in [1.82, 2.24) is 9.62 Å². The van der Waals surface area contributed by atoms with Gasteiger partial charge in [0.05, 0.1) is 10.9 Å². The van der Waals surface area contributed by atoms with E-state index in [2.05, 4.69) is 21.2 Å². The molecule has 30 heavy (non-hydrogen) atoms. The minimum Gasteiger partial charge on any atom is -0.353 e. The maximum Gasteiger partial charge on any atom is 0.243 e. The number of carbonyl (C=O) groups is 1. The molecule has 1 amide bonds. The van der Waals surface area contributed by atoms with Crippen LogP contribution >= 0.6 is 15.9 Å². The van der Waals surface area contributed by atoms with Crippen LogP contribution in [0.5, 0.6) is 0 Å². The van der Waals surface area contributed by atoms with Crippen LogP contribution in [0.3, 0.4) is 0 Å². The number of halogens is 1. The Labute approximate surface area is 187 Å². The Balaban J connectivity index is 1.62. The number of nitrogens with one attached hydrogen (secondary N) is 1. The van der Waals surface area contributed by atoms with E-state index in [-0.39, 0.29) is 23.3 Å². The molecule has 2 aromatic rings. The van der Waals surface area contributed by atoms with Crippen LogP contribution in [0.15, 0.2) is 57.9 Å². The van der Waals surface area contributed by atoms with Crippen LogP contribution in [0.4, 0.5) is 0 Å². The molecule has 0 spiro atoms. The van der Waals surface area contributed by atoms with Crippen LogP contribution in [0, 0.1) is 0 Å². The molecule has 0 saturated heterocycles. The SMILES string of the molecule is O=C(CC1c2ccccc2CCN1S(=O)(=O)c1ccc(Br)cc1)NC1CCCCC1. The van der Waals surface area contributed by atoms with Gasteiger partial charge < -0.3 is 5.32 Å². The van der Waals surface area contributed by atoms with Gasteiger partial charge in [-0.2, -0.15) is 4.31 Å². The van der Waals surface area contributed by atoms with Gasteiger partial charge in [-0.15, -0.1) is 0 Å². The van der Waals surface area contributed by atoms with Gasteiger partial charge in [0.1, 0.15) is 0 Å². The molecule has 1 atom stereocenters. The Hall–Kier alpha value is -1.70. The van der Waals surface area contributed by atoms with Crippen LogP contribution in [0.1, 0.15) is 55.7 Å². The number of benzene rings is 2. The third kappa shape index (κ3) is 4.63. The molecule has 0 aromatic heterocycles. The zero-order valence-corrected chi connectivity index (χ0v) is 19.3.